The molecule has 0 aliphatic heterocycles. The summed E-state index contributed by atoms with van der Waals surface area (Å²) in [6, 6.07) is 39.2. The van der Waals surface area contributed by atoms with Crippen molar-refractivity contribution in [2.45, 2.75) is 0 Å². The first-order valence-corrected chi connectivity index (χ1v) is 16.1. The summed E-state index contributed by atoms with van der Waals surface area (Å²) in [5, 5.41) is 3.02. The predicted octanol–water partition coefficient (Wildman–Crippen LogP) is 13.7. The highest BCUT2D eigenvalue weighted by molar-refractivity contribution is 6.23. The van der Waals surface area contributed by atoms with Gasteiger partial charge in [0.25, 0.3) is 0 Å². The minimum absolute atomic E-state index is 0.00585. The first-order valence-electron chi connectivity index (χ1n) is 20.6. The summed E-state index contributed by atoms with van der Waals surface area (Å²) in [6.45, 7) is 0. The Bertz CT molecular complexity index is 3260. The molecule has 1 heteroatoms. The van der Waals surface area contributed by atoms with Crippen LogP contribution in [0.25, 0.3) is 98.8 Å². The van der Waals surface area contributed by atoms with Gasteiger partial charge in [0.1, 0.15) is 11.2 Å². The highest BCUT2D eigenvalue weighted by atomic mass is 16.3. The number of hydrogen-bond acceptors (Lipinski definition) is 1. The highest BCUT2D eigenvalue weighted by Gasteiger charge is 2.19. The van der Waals surface area contributed by atoms with Gasteiger partial charge in [0.2, 0.25) is 0 Å². The van der Waals surface area contributed by atoms with E-state index < -0.39 is 30.2 Å². The maximum absolute atomic E-state index is 9.82. The van der Waals surface area contributed by atoms with Gasteiger partial charge in [-0.3, -0.25) is 0 Å². The monoisotopic (exact) mass is 631 g/mol. The second-order valence-corrected chi connectivity index (χ2v) is 12.1. The van der Waals surface area contributed by atoms with Gasteiger partial charge in [-0.1, -0.05) is 145 Å². The first-order chi connectivity index (χ1) is 28.1. The van der Waals surface area contributed by atoms with Crippen molar-refractivity contribution in [3.8, 4) is 44.5 Å². The van der Waals surface area contributed by atoms with Crippen LogP contribution in [-0.4, -0.2) is 0 Å². The van der Waals surface area contributed by atoms with Gasteiger partial charge in [0.05, 0.1) is 12.3 Å². The number of furan rings is 1. The molecule has 0 aliphatic carbocycles. The van der Waals surface area contributed by atoms with E-state index in [4.69, 9.17) is 12.6 Å². The zero-order valence-electron chi connectivity index (χ0n) is 35.0. The quantitative estimate of drug-likeness (QED) is 0.176. The van der Waals surface area contributed by atoms with Crippen molar-refractivity contribution in [2.24, 2.45) is 0 Å². The maximum Gasteiger partial charge on any atom is 0.143 e. The average Bonchev–Trinajstić information content (AvgIpc) is 3.67. The summed E-state index contributed by atoms with van der Waals surface area (Å²) >= 11 is 0. The molecule has 0 aliphatic rings. The molecule has 0 amide bonds. The van der Waals surface area contributed by atoms with Crippen molar-refractivity contribution >= 4 is 54.3 Å². The minimum atomic E-state index is -0.538. The molecular formula is C48H30O. The molecule has 1 nitrogen and oxygen atoms in total. The summed E-state index contributed by atoms with van der Waals surface area (Å²) in [6.07, 6.45) is 0. The Labute approximate surface area is 297 Å². The summed E-state index contributed by atoms with van der Waals surface area (Å²) in [7, 11) is 0. The van der Waals surface area contributed by atoms with E-state index in [1.165, 1.54) is 0 Å². The fourth-order valence-corrected chi connectivity index (χ4v) is 7.11. The van der Waals surface area contributed by atoms with E-state index in [2.05, 4.69) is 42.5 Å². The molecular weight excluding hydrogens is 593 g/mol. The van der Waals surface area contributed by atoms with Crippen molar-refractivity contribution in [1.29, 1.82) is 0 Å². The normalized spacial score (nSPS) is 14.2. The topological polar surface area (TPSA) is 13.1 Å². The lowest BCUT2D eigenvalue weighted by atomic mass is 9.84. The Morgan fingerprint density at radius 1 is 0.367 bits per heavy atom. The van der Waals surface area contributed by atoms with Gasteiger partial charge in [-0.2, -0.15) is 0 Å². The lowest BCUT2D eigenvalue weighted by molar-refractivity contribution is 0.672. The number of rotatable bonds is 4. The zero-order chi connectivity index (χ0) is 40.1. The van der Waals surface area contributed by atoms with Crippen LogP contribution in [0.4, 0.5) is 0 Å². The Morgan fingerprint density at radius 2 is 0.898 bits per heavy atom. The summed E-state index contributed by atoms with van der Waals surface area (Å²) in [4.78, 5) is 0. The summed E-state index contributed by atoms with van der Waals surface area (Å²) in [5.41, 5.74) is 6.63. The SMILES string of the molecule is [2H]c1c(-c2c3ccccc3c(-c3cc(-c4ccccc4)cc(-c4ccccc4)c3)c3ccccc23)c([2H])c2c(oc3c4c([2H])c([2H])c([2H])c([2H])c4c([2H])c([2H])c32)c1[2H]. The standard InChI is InChI=1S/C48H30O/c1-3-13-31(14-4-1)35-27-36(32-15-5-2-6-16-32)29-37(28-35)47-41-21-11-9-19-39(41)46(40-20-10-12-22-42(40)47)34-24-26-45-44(30-34)43-25-23-33-17-7-8-18-38(33)48(43)49-45/h1-30H/i7D,8D,17D,18D,23D,24D,25D,26D,30D. The van der Waals surface area contributed by atoms with E-state index in [0.29, 0.717) is 5.56 Å². The van der Waals surface area contributed by atoms with Gasteiger partial charge in [-0.25, -0.2) is 0 Å². The van der Waals surface area contributed by atoms with Crippen LogP contribution < -0.4 is 0 Å². The fourth-order valence-electron chi connectivity index (χ4n) is 7.11. The minimum Gasteiger partial charge on any atom is -0.455 e. The molecule has 0 N–H and O–H groups in total. The van der Waals surface area contributed by atoms with Gasteiger partial charge in [0.15, 0.2) is 0 Å². The van der Waals surface area contributed by atoms with Crippen molar-refractivity contribution in [2.75, 3.05) is 0 Å². The van der Waals surface area contributed by atoms with Crippen molar-refractivity contribution in [3.63, 3.8) is 0 Å². The molecule has 49 heavy (non-hydrogen) atoms. The number of hydrogen-bond donors (Lipinski definition) is 0. The molecule has 10 rings (SSSR count). The molecule has 0 spiro atoms. The number of benzene rings is 9. The van der Waals surface area contributed by atoms with Crippen LogP contribution in [0.3, 0.4) is 0 Å². The Balaban J connectivity index is 1.33. The van der Waals surface area contributed by atoms with Crippen LogP contribution in [0.1, 0.15) is 12.3 Å². The smallest absolute Gasteiger partial charge is 0.143 e. The van der Waals surface area contributed by atoms with Crippen molar-refractivity contribution < 1.29 is 16.8 Å². The first kappa shape index (κ1) is 20.0. The second kappa shape index (κ2) is 11.1. The van der Waals surface area contributed by atoms with E-state index >= 15 is 0 Å². The maximum atomic E-state index is 9.82. The third-order valence-electron chi connectivity index (χ3n) is 9.30. The van der Waals surface area contributed by atoms with Crippen LogP contribution in [0.2, 0.25) is 0 Å². The molecule has 0 unspecified atom stereocenters. The number of fused-ring (bicyclic) bond motifs is 7. The molecule has 0 radical (unpaired) electrons. The molecule has 0 atom stereocenters. The van der Waals surface area contributed by atoms with E-state index in [1.807, 2.05) is 84.9 Å². The third kappa shape index (κ3) is 4.47. The molecule has 0 saturated heterocycles. The molecule has 0 bridgehead atoms. The predicted molar refractivity (Wildman–Crippen MR) is 208 cm³/mol. The molecule has 0 fully saturated rings. The largest absolute Gasteiger partial charge is 0.455 e. The fraction of sp³-hybridized carbons (Fsp3) is 0. The Morgan fingerprint density at radius 3 is 1.51 bits per heavy atom. The van der Waals surface area contributed by atoms with Gasteiger partial charge in [0, 0.05) is 16.2 Å². The van der Waals surface area contributed by atoms with Crippen molar-refractivity contribution in [1.82, 2.24) is 0 Å². The lowest BCUT2D eigenvalue weighted by Gasteiger charge is -2.19. The highest BCUT2D eigenvalue weighted by Crippen LogP contribution is 2.46. The van der Waals surface area contributed by atoms with E-state index in [-0.39, 0.29) is 62.4 Å². The van der Waals surface area contributed by atoms with Crippen molar-refractivity contribution in [3.05, 3.63) is 182 Å². The lowest BCUT2D eigenvalue weighted by Crippen LogP contribution is -1.92. The molecule has 228 valence electrons. The van der Waals surface area contributed by atoms with Crippen LogP contribution in [0.15, 0.2) is 186 Å². The average molecular weight is 632 g/mol. The molecule has 1 heterocycles. The van der Waals surface area contributed by atoms with E-state index in [9.17, 15) is 4.11 Å². The van der Waals surface area contributed by atoms with Crippen LogP contribution in [-0.2, 0) is 0 Å². The van der Waals surface area contributed by atoms with E-state index in [1.54, 1.807) is 0 Å². The molecule has 0 saturated carbocycles. The Kier molecular flexibility index (Phi) is 4.53. The zero-order valence-corrected chi connectivity index (χ0v) is 26.0. The summed E-state index contributed by atoms with van der Waals surface area (Å²) in [5.74, 6) is 0. The summed E-state index contributed by atoms with van der Waals surface area (Å²) < 4.78 is 86.6. The second-order valence-electron chi connectivity index (χ2n) is 12.1. The van der Waals surface area contributed by atoms with Gasteiger partial charge in [-0.05, 0) is 108 Å². The molecule has 10 aromatic rings. The van der Waals surface area contributed by atoms with Crippen LogP contribution in [0, 0.1) is 0 Å². The Hall–Kier alpha value is -6.44. The van der Waals surface area contributed by atoms with Gasteiger partial charge in [-0.15, -0.1) is 0 Å². The van der Waals surface area contributed by atoms with Gasteiger partial charge >= 0.3 is 0 Å². The van der Waals surface area contributed by atoms with E-state index in [0.717, 1.165) is 54.9 Å². The van der Waals surface area contributed by atoms with Crippen LogP contribution >= 0.6 is 0 Å². The third-order valence-corrected chi connectivity index (χ3v) is 9.30. The van der Waals surface area contributed by atoms with Crippen LogP contribution in [0.5, 0.6) is 0 Å². The molecule has 1 aromatic heterocycles. The van der Waals surface area contributed by atoms with Gasteiger partial charge < -0.3 is 4.42 Å². The molecule has 9 aromatic carbocycles.